The van der Waals surface area contributed by atoms with E-state index in [2.05, 4.69) is 30.0 Å². The molecule has 234 valence electrons. The van der Waals surface area contributed by atoms with Crippen molar-refractivity contribution in [3.05, 3.63) is 106 Å². The zero-order chi connectivity index (χ0) is 32.8. The summed E-state index contributed by atoms with van der Waals surface area (Å²) >= 11 is 0. The monoisotopic (exact) mass is 619 g/mol. The van der Waals surface area contributed by atoms with Crippen LogP contribution >= 0.6 is 0 Å². The quantitative estimate of drug-likeness (QED) is 0.158. The van der Waals surface area contributed by atoms with Gasteiger partial charge in [0.05, 0.1) is 28.3 Å². The molecule has 0 radical (unpaired) electrons. The van der Waals surface area contributed by atoms with Crippen LogP contribution in [0.2, 0.25) is 0 Å². The molecule has 0 aliphatic rings. The molecule has 0 saturated heterocycles. The number of nitrogens with zero attached hydrogens (tertiary/aromatic N) is 3. The maximum Gasteiger partial charge on any atom is 0.417 e. The summed E-state index contributed by atoms with van der Waals surface area (Å²) in [5.41, 5.74) is 0.254. The Hall–Kier alpha value is -4.49. The van der Waals surface area contributed by atoms with Crippen LogP contribution in [0, 0.1) is 11.6 Å². The number of hydrogen-bond acceptors (Lipinski definition) is 6. The number of oxime groups is 3. The van der Waals surface area contributed by atoms with E-state index < -0.39 is 35.1 Å². The highest BCUT2D eigenvalue weighted by atomic mass is 19.4. The number of rotatable bonds is 6. The van der Waals surface area contributed by atoms with Crippen molar-refractivity contribution in [1.82, 2.24) is 0 Å². The minimum absolute atomic E-state index is 0.0341. The maximum atomic E-state index is 13.0. The molecule has 0 heterocycles. The Morgan fingerprint density at radius 3 is 1.63 bits per heavy atom. The first-order valence-corrected chi connectivity index (χ1v) is 12.1. The molecule has 0 atom stereocenters. The Kier molecular flexibility index (Phi) is 14.3. The molecule has 43 heavy (non-hydrogen) atoms. The zero-order valence-corrected chi connectivity index (χ0v) is 23.9. The summed E-state index contributed by atoms with van der Waals surface area (Å²) in [5, 5.41) is 10.6. The SMILES string of the molecule is CO/N=C(\C)c1ccc(F)cc1F.CO/N=C(\C)c1cccc(C(F)(F)F)c1.CO/N=C(\C)c1ccccc1C(F)(F)F. The average Bonchev–Trinajstić information content (AvgIpc) is 2.93. The largest absolute Gasteiger partial charge is 0.417 e. The van der Waals surface area contributed by atoms with Crippen LogP contribution in [0.15, 0.2) is 82.2 Å². The van der Waals surface area contributed by atoms with Gasteiger partial charge in [-0.2, -0.15) is 26.3 Å². The zero-order valence-electron chi connectivity index (χ0n) is 23.9. The van der Waals surface area contributed by atoms with E-state index in [-0.39, 0.29) is 16.8 Å². The first-order chi connectivity index (χ1) is 20.1. The van der Waals surface area contributed by atoms with Gasteiger partial charge in [0.1, 0.15) is 33.0 Å². The lowest BCUT2D eigenvalue weighted by Gasteiger charge is -2.11. The van der Waals surface area contributed by atoms with Crippen LogP contribution in [0.5, 0.6) is 0 Å². The van der Waals surface area contributed by atoms with Crippen LogP contribution in [0.3, 0.4) is 0 Å². The molecule has 0 aliphatic heterocycles. The predicted molar refractivity (Wildman–Crippen MR) is 147 cm³/mol. The highest BCUT2D eigenvalue weighted by Crippen LogP contribution is 2.32. The van der Waals surface area contributed by atoms with Crippen LogP contribution in [-0.4, -0.2) is 38.5 Å². The Morgan fingerprint density at radius 1 is 0.581 bits per heavy atom. The van der Waals surface area contributed by atoms with Crippen molar-refractivity contribution < 1.29 is 49.6 Å². The lowest BCUT2D eigenvalue weighted by molar-refractivity contribution is -0.138. The van der Waals surface area contributed by atoms with Crippen molar-refractivity contribution in [2.45, 2.75) is 33.1 Å². The van der Waals surface area contributed by atoms with E-state index in [1.807, 2.05) is 0 Å². The van der Waals surface area contributed by atoms with E-state index in [0.29, 0.717) is 17.0 Å². The molecule has 0 spiro atoms. The molecule has 6 nitrogen and oxygen atoms in total. The van der Waals surface area contributed by atoms with Crippen molar-refractivity contribution in [3.63, 3.8) is 0 Å². The number of alkyl halides is 6. The Balaban J connectivity index is 0.000000324. The van der Waals surface area contributed by atoms with Gasteiger partial charge >= 0.3 is 12.4 Å². The first kappa shape index (κ1) is 36.5. The Labute approximate surface area is 243 Å². The van der Waals surface area contributed by atoms with Crippen LogP contribution < -0.4 is 0 Å². The predicted octanol–water partition coefficient (Wildman–Crippen LogP) is 8.49. The van der Waals surface area contributed by atoms with Gasteiger partial charge in [-0.1, -0.05) is 45.8 Å². The van der Waals surface area contributed by atoms with Crippen molar-refractivity contribution in [2.75, 3.05) is 21.3 Å². The van der Waals surface area contributed by atoms with Gasteiger partial charge in [0, 0.05) is 17.2 Å². The highest BCUT2D eigenvalue weighted by molar-refractivity contribution is 6.00. The molecule has 0 N–H and O–H groups in total. The molecular weight excluding hydrogens is 590 g/mol. The lowest BCUT2D eigenvalue weighted by Crippen LogP contribution is -2.11. The standard InChI is InChI=1S/2C10H10F3NO.C9H9F2NO/c1-7(14-15-2)8-4-3-5-9(6-8)10(11,12)13;1-7(14-15-2)8-5-3-4-6-9(8)10(11,12)13;1-6(12-13-2)8-4-3-7(10)5-9(8)11/h2*3-6H,1-2H3;3-5H,1-2H3/b2*14-7+;12-6+. The van der Waals surface area contributed by atoms with Crippen LogP contribution in [0.1, 0.15) is 48.6 Å². The minimum Gasteiger partial charge on any atom is -0.399 e. The molecule has 0 bridgehead atoms. The summed E-state index contributed by atoms with van der Waals surface area (Å²) < 4.78 is 100. The molecule has 3 aromatic carbocycles. The number of halogens is 8. The van der Waals surface area contributed by atoms with Crippen molar-refractivity contribution in [1.29, 1.82) is 0 Å². The number of benzene rings is 3. The Bertz CT molecular complexity index is 1420. The fourth-order valence-electron chi connectivity index (χ4n) is 3.31. The smallest absolute Gasteiger partial charge is 0.399 e. The molecule has 3 aromatic rings. The van der Waals surface area contributed by atoms with Crippen LogP contribution in [0.4, 0.5) is 35.1 Å². The average molecular weight is 620 g/mol. The second-order valence-electron chi connectivity index (χ2n) is 8.32. The van der Waals surface area contributed by atoms with E-state index in [4.69, 9.17) is 0 Å². The summed E-state index contributed by atoms with van der Waals surface area (Å²) in [5.74, 6) is -1.25. The third kappa shape index (κ3) is 12.1. The summed E-state index contributed by atoms with van der Waals surface area (Å²) in [6.45, 7) is 4.63. The van der Waals surface area contributed by atoms with Gasteiger partial charge in [-0.3, -0.25) is 0 Å². The second-order valence-corrected chi connectivity index (χ2v) is 8.32. The van der Waals surface area contributed by atoms with E-state index in [1.54, 1.807) is 19.9 Å². The fraction of sp³-hybridized carbons (Fsp3) is 0.276. The molecule has 3 rings (SSSR count). The van der Waals surface area contributed by atoms with E-state index in [1.165, 1.54) is 64.7 Å². The normalized spacial score (nSPS) is 12.4. The van der Waals surface area contributed by atoms with E-state index in [0.717, 1.165) is 24.3 Å². The Morgan fingerprint density at radius 2 is 1.12 bits per heavy atom. The highest BCUT2D eigenvalue weighted by Gasteiger charge is 2.33. The van der Waals surface area contributed by atoms with Gasteiger partial charge in [0.25, 0.3) is 0 Å². The minimum atomic E-state index is -4.37. The fourth-order valence-corrected chi connectivity index (χ4v) is 3.31. The molecule has 0 unspecified atom stereocenters. The van der Waals surface area contributed by atoms with Crippen molar-refractivity contribution >= 4 is 17.1 Å². The molecule has 0 amide bonds. The third-order valence-electron chi connectivity index (χ3n) is 5.24. The maximum absolute atomic E-state index is 13.0. The van der Waals surface area contributed by atoms with Crippen LogP contribution in [0.25, 0.3) is 0 Å². The van der Waals surface area contributed by atoms with Gasteiger partial charge in [-0.25, -0.2) is 8.78 Å². The third-order valence-corrected chi connectivity index (χ3v) is 5.24. The summed E-state index contributed by atoms with van der Waals surface area (Å²) in [7, 11) is 4.00. The first-order valence-electron chi connectivity index (χ1n) is 12.1. The summed E-state index contributed by atoms with van der Waals surface area (Å²) in [4.78, 5) is 13.4. The molecule has 14 heteroatoms. The molecule has 0 aliphatic carbocycles. The number of hydrogen-bond donors (Lipinski definition) is 0. The van der Waals surface area contributed by atoms with E-state index >= 15 is 0 Å². The molecule has 0 saturated carbocycles. The summed E-state index contributed by atoms with van der Waals surface area (Å²) in [6, 6.07) is 13.5. The van der Waals surface area contributed by atoms with Crippen LogP contribution in [-0.2, 0) is 26.9 Å². The van der Waals surface area contributed by atoms with Gasteiger partial charge in [0.15, 0.2) is 0 Å². The van der Waals surface area contributed by atoms with Crippen molar-refractivity contribution in [3.8, 4) is 0 Å². The second kappa shape index (κ2) is 16.8. The van der Waals surface area contributed by atoms with Gasteiger partial charge in [0.2, 0.25) is 0 Å². The van der Waals surface area contributed by atoms with Gasteiger partial charge in [-0.15, -0.1) is 0 Å². The lowest BCUT2D eigenvalue weighted by atomic mass is 10.0. The van der Waals surface area contributed by atoms with Crippen molar-refractivity contribution in [2.24, 2.45) is 15.5 Å². The van der Waals surface area contributed by atoms with E-state index in [9.17, 15) is 35.1 Å². The topological polar surface area (TPSA) is 64.8 Å². The van der Waals surface area contributed by atoms with Gasteiger partial charge in [-0.05, 0) is 56.7 Å². The summed E-state index contributed by atoms with van der Waals surface area (Å²) in [6.07, 6.45) is -8.70. The molecular formula is C29H29F8N3O3. The molecule has 0 fully saturated rings. The van der Waals surface area contributed by atoms with Gasteiger partial charge < -0.3 is 14.5 Å². The molecule has 0 aromatic heterocycles.